The first-order chi connectivity index (χ1) is 11.8. The van der Waals surface area contributed by atoms with Gasteiger partial charge in [-0.15, -0.1) is 0 Å². The fourth-order valence-corrected chi connectivity index (χ4v) is 4.10. The summed E-state index contributed by atoms with van der Waals surface area (Å²) in [4.78, 5) is 11.4. The van der Waals surface area contributed by atoms with Gasteiger partial charge in [-0.2, -0.15) is 5.26 Å². The van der Waals surface area contributed by atoms with Gasteiger partial charge >= 0.3 is 0 Å². The number of anilines is 1. The van der Waals surface area contributed by atoms with Gasteiger partial charge in [0, 0.05) is 24.3 Å². The minimum atomic E-state index is -0.356. The highest BCUT2D eigenvalue weighted by molar-refractivity contribution is 5.51. The molecule has 1 aromatic heterocycles. The van der Waals surface area contributed by atoms with Crippen molar-refractivity contribution in [2.24, 2.45) is 0 Å². The summed E-state index contributed by atoms with van der Waals surface area (Å²) in [6.45, 7) is 1.76. The Balaban J connectivity index is 1.58. The molecule has 0 unspecified atom stereocenters. The number of hydrogen-bond acceptors (Lipinski definition) is 4. The first-order valence-corrected chi connectivity index (χ1v) is 8.87. The summed E-state index contributed by atoms with van der Waals surface area (Å²) in [5.41, 5.74) is 3.36. The Hall–Kier alpha value is -2.41. The van der Waals surface area contributed by atoms with Crippen LogP contribution < -0.4 is 4.90 Å². The molecule has 0 N–H and O–H groups in total. The van der Waals surface area contributed by atoms with Crippen molar-refractivity contribution in [3.8, 4) is 6.07 Å². The molecule has 2 aliphatic rings. The summed E-state index contributed by atoms with van der Waals surface area (Å²) < 4.78 is 0. The monoisotopic (exact) mass is 318 g/mol. The summed E-state index contributed by atoms with van der Waals surface area (Å²) in [5.74, 6) is 1.11. The molecule has 0 bridgehead atoms. The fraction of sp³-hybridized carbons (Fsp3) is 0.450. The van der Waals surface area contributed by atoms with Crippen molar-refractivity contribution >= 4 is 5.82 Å². The van der Waals surface area contributed by atoms with Crippen LogP contribution in [0.2, 0.25) is 0 Å². The van der Waals surface area contributed by atoms with Crippen molar-refractivity contribution in [3.05, 3.63) is 53.5 Å². The van der Waals surface area contributed by atoms with Gasteiger partial charge in [0.25, 0.3) is 0 Å². The molecule has 122 valence electrons. The van der Waals surface area contributed by atoms with Gasteiger partial charge in [-0.3, -0.25) is 0 Å². The zero-order valence-corrected chi connectivity index (χ0v) is 13.9. The van der Waals surface area contributed by atoms with E-state index in [0.717, 1.165) is 50.2 Å². The maximum absolute atomic E-state index is 9.85. The zero-order valence-electron chi connectivity index (χ0n) is 13.9. The SMILES string of the molecule is N#CC1(c2ccccc2)CCN(c2ncnc3c2CCCC3)CC1. The molecular weight excluding hydrogens is 296 g/mol. The van der Waals surface area contributed by atoms with E-state index in [-0.39, 0.29) is 5.41 Å². The average molecular weight is 318 g/mol. The Bertz CT molecular complexity index is 755. The van der Waals surface area contributed by atoms with Crippen molar-refractivity contribution in [2.75, 3.05) is 18.0 Å². The van der Waals surface area contributed by atoms with Gasteiger partial charge in [0.1, 0.15) is 12.1 Å². The second-order valence-corrected chi connectivity index (χ2v) is 6.88. The van der Waals surface area contributed by atoms with Crippen LogP contribution >= 0.6 is 0 Å². The number of fused-ring (bicyclic) bond motifs is 1. The number of nitriles is 1. The van der Waals surface area contributed by atoms with Crippen LogP contribution in [0.4, 0.5) is 5.82 Å². The fourth-order valence-electron chi connectivity index (χ4n) is 4.10. The minimum Gasteiger partial charge on any atom is -0.356 e. The third-order valence-electron chi connectivity index (χ3n) is 5.56. The summed E-state index contributed by atoms with van der Waals surface area (Å²) in [6.07, 6.45) is 8.04. The maximum atomic E-state index is 9.85. The number of nitrogens with zero attached hydrogens (tertiary/aromatic N) is 4. The molecule has 1 saturated heterocycles. The molecule has 0 spiro atoms. The maximum Gasteiger partial charge on any atom is 0.135 e. The number of rotatable bonds is 2. The van der Waals surface area contributed by atoms with E-state index in [2.05, 4.69) is 33.1 Å². The number of benzene rings is 1. The van der Waals surface area contributed by atoms with Gasteiger partial charge < -0.3 is 4.90 Å². The van der Waals surface area contributed by atoms with Crippen LogP contribution in [0.3, 0.4) is 0 Å². The Morgan fingerprint density at radius 3 is 2.50 bits per heavy atom. The standard InChI is InChI=1S/C20H22N4/c21-14-20(16-6-2-1-3-7-16)10-12-24(13-11-20)19-17-8-4-5-9-18(17)22-15-23-19/h1-3,6-7,15H,4-5,8-13H2. The second-order valence-electron chi connectivity index (χ2n) is 6.88. The molecule has 0 saturated carbocycles. The van der Waals surface area contributed by atoms with Gasteiger partial charge in [-0.1, -0.05) is 30.3 Å². The van der Waals surface area contributed by atoms with E-state index in [0.29, 0.717) is 0 Å². The lowest BCUT2D eigenvalue weighted by atomic mass is 9.74. The highest BCUT2D eigenvalue weighted by Crippen LogP contribution is 2.37. The van der Waals surface area contributed by atoms with Crippen LogP contribution in [-0.2, 0) is 18.3 Å². The second kappa shape index (κ2) is 6.24. The quantitative estimate of drug-likeness (QED) is 0.851. The first-order valence-electron chi connectivity index (χ1n) is 8.87. The van der Waals surface area contributed by atoms with Gasteiger partial charge in [0.15, 0.2) is 0 Å². The summed E-state index contributed by atoms with van der Waals surface area (Å²) in [5, 5.41) is 9.85. The summed E-state index contributed by atoms with van der Waals surface area (Å²) >= 11 is 0. The smallest absolute Gasteiger partial charge is 0.135 e. The highest BCUT2D eigenvalue weighted by atomic mass is 15.2. The molecule has 4 heteroatoms. The van der Waals surface area contributed by atoms with Crippen molar-refractivity contribution < 1.29 is 0 Å². The van der Waals surface area contributed by atoms with Crippen molar-refractivity contribution in [1.82, 2.24) is 9.97 Å². The van der Waals surface area contributed by atoms with E-state index in [9.17, 15) is 5.26 Å². The topological polar surface area (TPSA) is 52.8 Å². The van der Waals surface area contributed by atoms with E-state index in [1.54, 1.807) is 6.33 Å². The predicted molar refractivity (Wildman–Crippen MR) is 93.9 cm³/mol. The highest BCUT2D eigenvalue weighted by Gasteiger charge is 2.37. The Kier molecular flexibility index (Phi) is 3.93. The van der Waals surface area contributed by atoms with E-state index in [1.807, 2.05) is 18.2 Å². The van der Waals surface area contributed by atoms with Crippen molar-refractivity contribution in [1.29, 1.82) is 5.26 Å². The summed E-state index contributed by atoms with van der Waals surface area (Å²) in [7, 11) is 0. The lowest BCUT2D eigenvalue weighted by Gasteiger charge is -2.39. The third kappa shape index (κ3) is 2.54. The number of piperidine rings is 1. The van der Waals surface area contributed by atoms with E-state index < -0.39 is 0 Å². The molecule has 4 nitrogen and oxygen atoms in total. The molecule has 1 aliphatic heterocycles. The molecule has 1 aromatic carbocycles. The summed E-state index contributed by atoms with van der Waals surface area (Å²) in [6, 6.07) is 12.9. The van der Waals surface area contributed by atoms with Gasteiger partial charge in [0.2, 0.25) is 0 Å². The molecule has 4 rings (SSSR count). The molecule has 24 heavy (non-hydrogen) atoms. The Labute approximate surface area is 143 Å². The number of aryl methyl sites for hydroxylation is 1. The van der Waals surface area contributed by atoms with Crippen LogP contribution in [0.5, 0.6) is 0 Å². The normalized spacial score (nSPS) is 19.4. The van der Waals surface area contributed by atoms with E-state index >= 15 is 0 Å². The third-order valence-corrected chi connectivity index (χ3v) is 5.56. The molecule has 0 atom stereocenters. The van der Waals surface area contributed by atoms with E-state index in [1.165, 1.54) is 24.1 Å². The molecule has 0 amide bonds. The molecule has 2 aromatic rings. The lowest BCUT2D eigenvalue weighted by molar-refractivity contribution is 0.413. The minimum absolute atomic E-state index is 0.356. The Morgan fingerprint density at radius 2 is 1.75 bits per heavy atom. The van der Waals surface area contributed by atoms with Gasteiger partial charge in [-0.25, -0.2) is 9.97 Å². The van der Waals surface area contributed by atoms with Crippen LogP contribution in [-0.4, -0.2) is 23.1 Å². The average Bonchev–Trinajstić information content (AvgIpc) is 2.68. The van der Waals surface area contributed by atoms with Gasteiger partial charge in [0.05, 0.1) is 11.5 Å². The molecule has 2 heterocycles. The van der Waals surface area contributed by atoms with Crippen molar-refractivity contribution in [2.45, 2.75) is 43.9 Å². The predicted octanol–water partition coefficient (Wildman–Crippen LogP) is 3.42. The van der Waals surface area contributed by atoms with Crippen LogP contribution in [0, 0.1) is 11.3 Å². The molecule has 0 radical (unpaired) electrons. The lowest BCUT2D eigenvalue weighted by Crippen LogP contribution is -2.42. The molecule has 1 fully saturated rings. The van der Waals surface area contributed by atoms with Crippen LogP contribution in [0.25, 0.3) is 0 Å². The molecule has 1 aliphatic carbocycles. The Morgan fingerprint density at radius 1 is 1.00 bits per heavy atom. The van der Waals surface area contributed by atoms with E-state index in [4.69, 9.17) is 0 Å². The first kappa shape index (κ1) is 15.1. The van der Waals surface area contributed by atoms with Crippen molar-refractivity contribution in [3.63, 3.8) is 0 Å². The largest absolute Gasteiger partial charge is 0.356 e. The van der Waals surface area contributed by atoms with Crippen LogP contribution in [0.1, 0.15) is 42.5 Å². The number of aromatic nitrogens is 2. The van der Waals surface area contributed by atoms with Crippen LogP contribution in [0.15, 0.2) is 36.7 Å². The number of hydrogen-bond donors (Lipinski definition) is 0. The van der Waals surface area contributed by atoms with Gasteiger partial charge in [-0.05, 0) is 44.1 Å². The zero-order chi connectivity index (χ0) is 16.4. The molecular formula is C20H22N4.